The number of nitrogens with one attached hydrogen (secondary N) is 3. The molecule has 9 nitrogen and oxygen atoms in total. The number of rotatable bonds is 11. The molecule has 0 radical (unpaired) electrons. The highest BCUT2D eigenvalue weighted by atomic mass is 19.3. The van der Waals surface area contributed by atoms with E-state index in [1.807, 2.05) is 40.7 Å². The number of allylic oxidation sites excluding steroid dienone is 2. The third-order valence-electron chi connectivity index (χ3n) is 7.30. The van der Waals surface area contributed by atoms with E-state index in [4.69, 9.17) is 10.5 Å². The number of halogens is 2. The number of hydrogen-bond acceptors (Lipinski definition) is 8. The van der Waals surface area contributed by atoms with Crippen molar-refractivity contribution in [1.82, 2.24) is 10.3 Å². The highest BCUT2D eigenvalue weighted by Crippen LogP contribution is 2.59. The van der Waals surface area contributed by atoms with Gasteiger partial charge in [0.05, 0.1) is 17.0 Å². The lowest BCUT2D eigenvalue weighted by molar-refractivity contribution is -0.151. The number of alkyl halides is 2. The van der Waals surface area contributed by atoms with Crippen LogP contribution < -0.4 is 21.7 Å². The van der Waals surface area contributed by atoms with E-state index >= 15 is 0 Å². The van der Waals surface area contributed by atoms with Gasteiger partial charge in [-0.25, -0.2) is 18.8 Å². The second-order valence-electron chi connectivity index (χ2n) is 12.4. The summed E-state index contributed by atoms with van der Waals surface area (Å²) in [5.74, 6) is 0.966. The molecule has 0 saturated heterocycles. The van der Waals surface area contributed by atoms with Gasteiger partial charge in [-0.05, 0) is 78.1 Å². The number of carbonyl (C=O) groups excluding carboxylic acids is 2. The number of aromatic nitrogens is 1. The van der Waals surface area contributed by atoms with Crippen molar-refractivity contribution in [2.45, 2.75) is 112 Å². The van der Waals surface area contributed by atoms with Crippen molar-refractivity contribution in [1.29, 1.82) is 0 Å². The molecule has 2 fully saturated rings. The molecule has 0 aromatic carbocycles. The summed E-state index contributed by atoms with van der Waals surface area (Å²) in [6.07, 6.45) is 8.87. The van der Waals surface area contributed by atoms with E-state index < -0.39 is 6.43 Å². The summed E-state index contributed by atoms with van der Waals surface area (Å²) in [6.45, 7) is 15.0. The number of hydrogen-bond donors (Lipinski definition) is 4. The Morgan fingerprint density at radius 2 is 1.84 bits per heavy atom. The fourth-order valence-corrected chi connectivity index (χ4v) is 5.57. The van der Waals surface area contributed by atoms with Gasteiger partial charge in [-0.1, -0.05) is 26.3 Å². The van der Waals surface area contributed by atoms with Crippen molar-refractivity contribution in [2.24, 2.45) is 22.1 Å². The van der Waals surface area contributed by atoms with Gasteiger partial charge >= 0.3 is 5.97 Å². The van der Waals surface area contributed by atoms with Crippen LogP contribution in [-0.4, -0.2) is 47.2 Å². The molecule has 0 unspecified atom stereocenters. The van der Waals surface area contributed by atoms with E-state index in [0.29, 0.717) is 41.1 Å². The van der Waals surface area contributed by atoms with Crippen LogP contribution >= 0.6 is 0 Å². The molecule has 240 valence electrons. The van der Waals surface area contributed by atoms with Gasteiger partial charge in [-0.2, -0.15) is 0 Å². The van der Waals surface area contributed by atoms with Crippen molar-refractivity contribution >= 4 is 29.1 Å². The Balaban J connectivity index is 0.000000708. The fraction of sp³-hybridized carbons (Fsp3) is 0.625. The molecule has 2 aliphatic rings. The third kappa shape index (κ3) is 11.6. The zero-order chi connectivity index (χ0) is 32.4. The second kappa shape index (κ2) is 15.8. The molecule has 11 heteroatoms. The monoisotopic (exact) mass is 604 g/mol. The average Bonchev–Trinajstić information content (AvgIpc) is 2.83. The minimum atomic E-state index is -2.66. The molecule has 43 heavy (non-hydrogen) atoms. The van der Waals surface area contributed by atoms with Crippen molar-refractivity contribution in [2.75, 3.05) is 17.2 Å². The summed E-state index contributed by atoms with van der Waals surface area (Å²) in [6, 6.07) is 1.98. The molecule has 2 saturated carbocycles. The van der Waals surface area contributed by atoms with Crippen LogP contribution in [0.4, 0.5) is 20.3 Å². The number of aliphatic imine (C=N–C) groups is 1. The van der Waals surface area contributed by atoms with Crippen molar-refractivity contribution < 1.29 is 23.1 Å². The summed E-state index contributed by atoms with van der Waals surface area (Å²) in [4.78, 5) is 31.4. The maximum absolute atomic E-state index is 13.0. The lowest BCUT2D eigenvalue weighted by atomic mass is 9.49. The van der Waals surface area contributed by atoms with Gasteiger partial charge < -0.3 is 26.4 Å². The maximum atomic E-state index is 13.0. The number of carbonyl (C=O) groups is 2. The Hall–Kier alpha value is -3.50. The molecule has 0 atom stereocenters. The van der Waals surface area contributed by atoms with Crippen LogP contribution in [-0.2, 0) is 9.53 Å². The molecule has 1 aromatic heterocycles. The molecule has 3 rings (SSSR count). The second-order valence-corrected chi connectivity index (χ2v) is 12.4. The van der Waals surface area contributed by atoms with Crippen LogP contribution in [0.25, 0.3) is 0 Å². The van der Waals surface area contributed by atoms with Gasteiger partial charge in [-0.15, -0.1) is 0 Å². The van der Waals surface area contributed by atoms with Crippen molar-refractivity contribution in [3.63, 3.8) is 0 Å². The number of ether oxygens (including phenoxy) is 1. The Morgan fingerprint density at radius 1 is 1.19 bits per heavy atom. The van der Waals surface area contributed by atoms with Crippen LogP contribution in [0, 0.1) is 11.3 Å². The average molecular weight is 605 g/mol. The van der Waals surface area contributed by atoms with Gasteiger partial charge in [0.2, 0.25) is 0 Å². The van der Waals surface area contributed by atoms with E-state index in [1.165, 1.54) is 39.2 Å². The zero-order valence-electron chi connectivity index (χ0n) is 26.9. The number of nitrogens with two attached hydrogens (primary N) is 1. The summed E-state index contributed by atoms with van der Waals surface area (Å²) in [5.41, 5.74) is 7.35. The number of anilines is 2. The first kappa shape index (κ1) is 35.7. The fourth-order valence-electron chi connectivity index (χ4n) is 5.57. The molecule has 0 aliphatic heterocycles. The normalized spacial score (nSPS) is 22.2. The van der Waals surface area contributed by atoms with Crippen LogP contribution in [0.15, 0.2) is 40.9 Å². The minimum absolute atomic E-state index is 0.0344. The smallest absolute Gasteiger partial charge is 0.303 e. The topological polar surface area (TPSA) is 131 Å². The summed E-state index contributed by atoms with van der Waals surface area (Å²) >= 11 is 0. The molecule has 1 amide bonds. The van der Waals surface area contributed by atoms with Crippen LogP contribution in [0.3, 0.4) is 0 Å². The van der Waals surface area contributed by atoms with Gasteiger partial charge in [-0.3, -0.25) is 9.59 Å². The number of amides is 1. The van der Waals surface area contributed by atoms with Gasteiger partial charge in [0.25, 0.3) is 12.3 Å². The molecular weight excluding hydrogens is 554 g/mol. The first-order valence-electron chi connectivity index (χ1n) is 15.1. The lowest BCUT2D eigenvalue weighted by Gasteiger charge is -2.58. The highest BCUT2D eigenvalue weighted by Gasteiger charge is 2.52. The Bertz CT molecular complexity index is 1190. The highest BCUT2D eigenvalue weighted by molar-refractivity contribution is 6.00. The third-order valence-corrected chi connectivity index (χ3v) is 7.30. The summed E-state index contributed by atoms with van der Waals surface area (Å²) in [7, 11) is 0. The van der Waals surface area contributed by atoms with Gasteiger partial charge in [0, 0.05) is 43.5 Å². The Kier molecular flexibility index (Phi) is 13.1. The minimum Gasteiger partial charge on any atom is -0.460 e. The molecule has 1 aromatic rings. The predicted molar refractivity (Wildman–Crippen MR) is 169 cm³/mol. The van der Waals surface area contributed by atoms with Crippen LogP contribution in [0.5, 0.6) is 0 Å². The zero-order valence-corrected chi connectivity index (χ0v) is 26.9. The van der Waals surface area contributed by atoms with Crippen molar-refractivity contribution in [3.05, 3.63) is 41.5 Å². The number of pyridine rings is 1. The van der Waals surface area contributed by atoms with E-state index in [9.17, 15) is 18.4 Å². The van der Waals surface area contributed by atoms with E-state index in [1.54, 1.807) is 12.3 Å². The van der Waals surface area contributed by atoms with E-state index in [0.717, 1.165) is 18.8 Å². The Labute approximate surface area is 255 Å². The molecule has 5 N–H and O–H groups in total. The molecule has 0 bridgehead atoms. The first-order chi connectivity index (χ1) is 20.1. The van der Waals surface area contributed by atoms with Gasteiger partial charge in [0.1, 0.15) is 17.2 Å². The van der Waals surface area contributed by atoms with E-state index in [-0.39, 0.29) is 35.1 Å². The SMILES string of the molecule is CC(=O)OC(C)(C)C.CC/C=C(/C=C(N)\N=C(/C)C(F)F)Nc1cc(NCC)c(C(=O)NC2CC3(CC(CC)C3)C2)cn1. The maximum Gasteiger partial charge on any atom is 0.303 e. The lowest BCUT2D eigenvalue weighted by Crippen LogP contribution is -2.56. The number of esters is 1. The Morgan fingerprint density at radius 3 is 2.33 bits per heavy atom. The standard InChI is InChI=1S/C26H38F2N6O.C6H12O2/c1-5-8-18(9-22(29)32-16(4)24(27)28)33-23-10-21(30-7-3)20(15-31-23)25(35)34-19-13-26(14-19)11-17(6-2)12-26;1-5(7)8-6(2,3)4/h8-10,15,17,19,24H,5-7,11-14,29H2,1-4H3,(H,34,35)(H2,30,31,33);1-4H3/b18-8-,22-9-,32-16+;. The van der Waals surface area contributed by atoms with Gasteiger partial charge in [0.15, 0.2) is 0 Å². The summed E-state index contributed by atoms with van der Waals surface area (Å²) in [5, 5.41) is 9.55. The van der Waals surface area contributed by atoms with E-state index in [2.05, 4.69) is 32.9 Å². The summed E-state index contributed by atoms with van der Waals surface area (Å²) < 4.78 is 30.3. The van der Waals surface area contributed by atoms with Crippen LogP contribution in [0.2, 0.25) is 0 Å². The molecule has 2 aliphatic carbocycles. The molecule has 1 spiro atoms. The largest absolute Gasteiger partial charge is 0.460 e. The van der Waals surface area contributed by atoms with Crippen LogP contribution in [0.1, 0.15) is 104 Å². The quantitative estimate of drug-likeness (QED) is 0.124. The molecular formula is C32H50F2N6O3. The predicted octanol–water partition coefficient (Wildman–Crippen LogP) is 6.79. The number of nitrogens with zero attached hydrogens (tertiary/aromatic N) is 2. The van der Waals surface area contributed by atoms with Crippen molar-refractivity contribution in [3.8, 4) is 0 Å². The molecule has 1 heterocycles. The first-order valence-corrected chi connectivity index (χ1v) is 15.1.